The molecule has 92 valence electrons. The second-order valence-corrected chi connectivity index (χ2v) is 4.54. The summed E-state index contributed by atoms with van der Waals surface area (Å²) in [6, 6.07) is -1.17. The van der Waals surface area contributed by atoms with E-state index >= 15 is 0 Å². The van der Waals surface area contributed by atoms with Crippen LogP contribution in [0.3, 0.4) is 0 Å². The predicted octanol–water partition coefficient (Wildman–Crippen LogP) is 0.374. The number of hydrogen-bond donors (Lipinski definition) is 3. The summed E-state index contributed by atoms with van der Waals surface area (Å²) in [4.78, 5) is 22.3. The quantitative estimate of drug-likeness (QED) is 0.650. The zero-order valence-electron chi connectivity index (χ0n) is 9.48. The number of aliphatic hydroxyl groups is 1. The van der Waals surface area contributed by atoms with Gasteiger partial charge in [0.25, 0.3) is 0 Å². The van der Waals surface area contributed by atoms with Gasteiger partial charge in [-0.15, -0.1) is 0 Å². The highest BCUT2D eigenvalue weighted by atomic mass is 16.4. The molecule has 0 saturated heterocycles. The van der Waals surface area contributed by atoms with Gasteiger partial charge in [0.15, 0.2) is 0 Å². The van der Waals surface area contributed by atoms with Gasteiger partial charge in [0.1, 0.15) is 6.04 Å². The molecule has 3 N–H and O–H groups in total. The molecule has 0 spiro atoms. The minimum atomic E-state index is -1.19. The van der Waals surface area contributed by atoms with Crippen molar-refractivity contribution in [3.8, 4) is 0 Å². The Bertz CT molecular complexity index is 259. The average Bonchev–Trinajstić information content (AvgIpc) is 2.26. The molecule has 1 fully saturated rings. The Morgan fingerprint density at radius 2 is 1.88 bits per heavy atom. The molecule has 0 aromatic heterocycles. The van der Waals surface area contributed by atoms with Crippen LogP contribution in [-0.4, -0.2) is 34.7 Å². The monoisotopic (exact) mass is 229 g/mol. The molecule has 1 amide bonds. The van der Waals surface area contributed by atoms with E-state index in [0.29, 0.717) is 5.92 Å². The van der Waals surface area contributed by atoms with Crippen molar-refractivity contribution in [3.63, 3.8) is 0 Å². The molecule has 1 aliphatic rings. The molecule has 0 bridgehead atoms. The van der Waals surface area contributed by atoms with E-state index in [4.69, 9.17) is 10.2 Å². The van der Waals surface area contributed by atoms with E-state index in [0.717, 1.165) is 25.7 Å². The fraction of sp³-hybridized carbons (Fsp3) is 0.818. The molecular weight excluding hydrogens is 210 g/mol. The summed E-state index contributed by atoms with van der Waals surface area (Å²) in [5.74, 6) is -0.880. The van der Waals surface area contributed by atoms with Crippen molar-refractivity contribution in [1.29, 1.82) is 0 Å². The Morgan fingerprint density at radius 3 is 2.31 bits per heavy atom. The lowest BCUT2D eigenvalue weighted by Gasteiger charge is -2.26. The van der Waals surface area contributed by atoms with Crippen LogP contribution in [0.5, 0.6) is 0 Å². The van der Waals surface area contributed by atoms with Crippen molar-refractivity contribution < 1.29 is 19.8 Å². The van der Waals surface area contributed by atoms with Crippen LogP contribution in [0.15, 0.2) is 0 Å². The number of hydrogen-bond acceptors (Lipinski definition) is 3. The van der Waals surface area contributed by atoms with Crippen LogP contribution in [0, 0.1) is 11.8 Å². The van der Waals surface area contributed by atoms with Crippen LogP contribution in [0.25, 0.3) is 0 Å². The SMILES string of the molecule is CC1CCC(C(=O)N[C@H](CO)C(=O)O)CC1. The summed E-state index contributed by atoms with van der Waals surface area (Å²) in [7, 11) is 0. The number of amides is 1. The first-order valence-corrected chi connectivity index (χ1v) is 5.68. The highest BCUT2D eigenvalue weighted by molar-refractivity contribution is 5.85. The van der Waals surface area contributed by atoms with Crippen molar-refractivity contribution in [3.05, 3.63) is 0 Å². The van der Waals surface area contributed by atoms with E-state index in [1.54, 1.807) is 0 Å². The van der Waals surface area contributed by atoms with Crippen LogP contribution < -0.4 is 5.32 Å². The summed E-state index contributed by atoms with van der Waals surface area (Å²) < 4.78 is 0. The van der Waals surface area contributed by atoms with Crippen molar-refractivity contribution in [2.24, 2.45) is 11.8 Å². The van der Waals surface area contributed by atoms with Gasteiger partial charge in [0.05, 0.1) is 6.61 Å². The molecule has 1 aliphatic carbocycles. The van der Waals surface area contributed by atoms with Crippen LogP contribution in [0.1, 0.15) is 32.6 Å². The van der Waals surface area contributed by atoms with Crippen molar-refractivity contribution in [1.82, 2.24) is 5.32 Å². The minimum absolute atomic E-state index is 0.0930. The number of carboxylic acids is 1. The molecule has 0 aromatic rings. The fourth-order valence-corrected chi connectivity index (χ4v) is 2.00. The number of carbonyl (C=O) groups is 2. The summed E-state index contributed by atoms with van der Waals surface area (Å²) in [6.45, 7) is 1.59. The maximum atomic E-state index is 11.7. The number of carbonyl (C=O) groups excluding carboxylic acids is 1. The lowest BCUT2D eigenvalue weighted by molar-refractivity contribution is -0.143. The van der Waals surface area contributed by atoms with Gasteiger partial charge in [0.2, 0.25) is 5.91 Å². The third-order valence-corrected chi connectivity index (χ3v) is 3.18. The highest BCUT2D eigenvalue weighted by Crippen LogP contribution is 2.28. The Morgan fingerprint density at radius 1 is 1.31 bits per heavy atom. The Hall–Kier alpha value is -1.10. The fourth-order valence-electron chi connectivity index (χ4n) is 2.00. The van der Waals surface area contributed by atoms with Crippen LogP contribution in [0.2, 0.25) is 0 Å². The Kier molecular flexibility index (Phi) is 4.73. The van der Waals surface area contributed by atoms with Gasteiger partial charge in [-0.05, 0) is 31.6 Å². The molecule has 5 heteroatoms. The standard InChI is InChI=1S/C11H19NO4/c1-7-2-4-8(5-3-7)10(14)12-9(6-13)11(15)16/h7-9,13H,2-6H2,1H3,(H,12,14)(H,15,16)/t7?,8?,9-/m1/s1. The number of rotatable bonds is 4. The van der Waals surface area contributed by atoms with Crippen molar-refractivity contribution in [2.45, 2.75) is 38.6 Å². The van der Waals surface area contributed by atoms with Gasteiger partial charge in [-0.25, -0.2) is 4.79 Å². The maximum Gasteiger partial charge on any atom is 0.328 e. The summed E-state index contributed by atoms with van der Waals surface area (Å²) in [5.41, 5.74) is 0. The maximum absolute atomic E-state index is 11.7. The molecular formula is C11H19NO4. The molecule has 1 saturated carbocycles. The Balaban J connectivity index is 2.42. The van der Waals surface area contributed by atoms with Crippen LogP contribution in [0.4, 0.5) is 0 Å². The van der Waals surface area contributed by atoms with Crippen molar-refractivity contribution in [2.75, 3.05) is 6.61 Å². The molecule has 1 atom stereocenters. The molecule has 16 heavy (non-hydrogen) atoms. The van der Waals surface area contributed by atoms with Gasteiger partial charge >= 0.3 is 5.97 Å². The zero-order chi connectivity index (χ0) is 12.1. The molecule has 0 aliphatic heterocycles. The van der Waals surface area contributed by atoms with E-state index in [2.05, 4.69) is 12.2 Å². The lowest BCUT2D eigenvalue weighted by atomic mass is 9.82. The van der Waals surface area contributed by atoms with E-state index in [1.807, 2.05) is 0 Å². The molecule has 0 aromatic carbocycles. The third kappa shape index (κ3) is 3.48. The number of aliphatic hydroxyl groups excluding tert-OH is 1. The van der Waals surface area contributed by atoms with E-state index < -0.39 is 18.6 Å². The molecule has 5 nitrogen and oxygen atoms in total. The predicted molar refractivity (Wildman–Crippen MR) is 57.8 cm³/mol. The third-order valence-electron chi connectivity index (χ3n) is 3.18. The van der Waals surface area contributed by atoms with Gasteiger partial charge in [-0.1, -0.05) is 6.92 Å². The Labute approximate surface area is 94.8 Å². The first-order valence-electron chi connectivity index (χ1n) is 5.68. The normalized spacial score (nSPS) is 27.1. The van der Waals surface area contributed by atoms with E-state index in [9.17, 15) is 9.59 Å². The number of carboxylic acid groups (broad SMARTS) is 1. The van der Waals surface area contributed by atoms with Crippen molar-refractivity contribution >= 4 is 11.9 Å². The van der Waals surface area contributed by atoms with Gasteiger partial charge in [-0.2, -0.15) is 0 Å². The first kappa shape index (κ1) is 13.0. The summed E-state index contributed by atoms with van der Waals surface area (Å²) in [5, 5.41) is 19.8. The topological polar surface area (TPSA) is 86.6 Å². The van der Waals surface area contributed by atoms with Gasteiger partial charge < -0.3 is 15.5 Å². The van der Waals surface area contributed by atoms with Gasteiger partial charge in [0, 0.05) is 5.92 Å². The summed E-state index contributed by atoms with van der Waals surface area (Å²) in [6.07, 6.45) is 3.64. The van der Waals surface area contributed by atoms with E-state index in [-0.39, 0.29) is 11.8 Å². The molecule has 0 heterocycles. The van der Waals surface area contributed by atoms with Crippen LogP contribution >= 0.6 is 0 Å². The lowest BCUT2D eigenvalue weighted by Crippen LogP contribution is -2.46. The second kappa shape index (κ2) is 5.84. The minimum Gasteiger partial charge on any atom is -0.480 e. The first-order chi connectivity index (χ1) is 7.54. The van der Waals surface area contributed by atoms with E-state index in [1.165, 1.54) is 0 Å². The largest absolute Gasteiger partial charge is 0.480 e. The zero-order valence-corrected chi connectivity index (χ0v) is 9.48. The number of nitrogens with one attached hydrogen (secondary N) is 1. The average molecular weight is 229 g/mol. The van der Waals surface area contributed by atoms with Gasteiger partial charge in [-0.3, -0.25) is 4.79 Å². The second-order valence-electron chi connectivity index (χ2n) is 4.54. The molecule has 0 radical (unpaired) electrons. The molecule has 0 unspecified atom stereocenters. The highest BCUT2D eigenvalue weighted by Gasteiger charge is 2.27. The summed E-state index contributed by atoms with van der Waals surface area (Å²) >= 11 is 0. The smallest absolute Gasteiger partial charge is 0.328 e. The van der Waals surface area contributed by atoms with Crippen LogP contribution in [-0.2, 0) is 9.59 Å². The number of aliphatic carboxylic acids is 1. The molecule has 1 rings (SSSR count).